The Hall–Kier alpha value is -1.05. The van der Waals surface area contributed by atoms with Gasteiger partial charge in [-0.3, -0.25) is 0 Å². The van der Waals surface area contributed by atoms with Crippen molar-refractivity contribution in [1.29, 1.82) is 0 Å². The van der Waals surface area contributed by atoms with Gasteiger partial charge in [-0.1, -0.05) is 26.8 Å². The molecule has 0 aliphatic carbocycles. The van der Waals surface area contributed by atoms with Crippen LogP contribution in [0.25, 0.3) is 0 Å². The van der Waals surface area contributed by atoms with Gasteiger partial charge in [-0.2, -0.15) is 0 Å². The van der Waals surface area contributed by atoms with Gasteiger partial charge >= 0.3 is 0 Å². The molecule has 78 valence electrons. The quantitative estimate of drug-likeness (QED) is 0.731. The van der Waals surface area contributed by atoms with E-state index in [0.29, 0.717) is 5.92 Å². The highest BCUT2D eigenvalue weighted by Crippen LogP contribution is 2.16. The van der Waals surface area contributed by atoms with E-state index in [1.54, 1.807) is 0 Å². The molecule has 1 unspecified atom stereocenters. The molecule has 0 amide bonds. The van der Waals surface area contributed by atoms with Crippen LogP contribution in [0.4, 0.5) is 0 Å². The summed E-state index contributed by atoms with van der Waals surface area (Å²) in [4.78, 5) is 4.27. The molecule has 0 aliphatic rings. The predicted octanol–water partition coefficient (Wildman–Crippen LogP) is 3.38. The summed E-state index contributed by atoms with van der Waals surface area (Å²) in [6, 6.07) is 4.02. The zero-order valence-electron chi connectivity index (χ0n) is 9.45. The summed E-state index contributed by atoms with van der Waals surface area (Å²) in [5.74, 6) is 1.25. The van der Waals surface area contributed by atoms with E-state index >= 15 is 0 Å². The summed E-state index contributed by atoms with van der Waals surface area (Å²) < 4.78 is 5.59. The molecular weight excluding hydrogens is 174 g/mol. The second-order valence-corrected chi connectivity index (χ2v) is 3.92. The van der Waals surface area contributed by atoms with Gasteiger partial charge in [0.25, 0.3) is 0 Å². The Kier molecular flexibility index (Phi) is 3.93. The summed E-state index contributed by atoms with van der Waals surface area (Å²) in [7, 11) is 0. The molecule has 1 atom stereocenters. The summed E-state index contributed by atoms with van der Waals surface area (Å²) in [5, 5.41) is 0. The fourth-order valence-corrected chi connectivity index (χ4v) is 1.09. The minimum Gasteiger partial charge on any atom is -0.475 e. The second kappa shape index (κ2) is 4.99. The van der Waals surface area contributed by atoms with Crippen molar-refractivity contribution in [3.8, 4) is 5.88 Å². The third-order valence-electron chi connectivity index (χ3n) is 2.32. The van der Waals surface area contributed by atoms with E-state index in [9.17, 15) is 0 Å². The third-order valence-corrected chi connectivity index (χ3v) is 2.32. The Morgan fingerprint density at radius 3 is 2.43 bits per heavy atom. The minimum atomic E-state index is 0.243. The van der Waals surface area contributed by atoms with Crippen LogP contribution in [0.3, 0.4) is 0 Å². The van der Waals surface area contributed by atoms with Crippen LogP contribution in [0.2, 0.25) is 0 Å². The van der Waals surface area contributed by atoms with Gasteiger partial charge in [-0.15, -0.1) is 0 Å². The molecule has 0 aromatic carbocycles. The van der Waals surface area contributed by atoms with E-state index in [2.05, 4.69) is 38.7 Å². The summed E-state index contributed by atoms with van der Waals surface area (Å²) in [5.41, 5.74) is 1.25. The normalized spacial score (nSPS) is 12.9. The van der Waals surface area contributed by atoms with Crippen LogP contribution in [0.15, 0.2) is 18.3 Å². The maximum Gasteiger partial charge on any atom is 0.213 e. The topological polar surface area (TPSA) is 22.1 Å². The molecule has 2 heteroatoms. The zero-order chi connectivity index (χ0) is 10.6. The highest BCUT2D eigenvalue weighted by Gasteiger charge is 2.03. The molecule has 0 N–H and O–H groups in total. The highest BCUT2D eigenvalue weighted by molar-refractivity contribution is 5.20. The van der Waals surface area contributed by atoms with Gasteiger partial charge in [0, 0.05) is 12.3 Å². The molecule has 14 heavy (non-hydrogen) atoms. The second-order valence-electron chi connectivity index (χ2n) is 3.92. The molecule has 1 aromatic rings. The van der Waals surface area contributed by atoms with Crippen LogP contribution in [0, 0.1) is 0 Å². The Morgan fingerprint density at radius 2 is 2.00 bits per heavy atom. The highest BCUT2D eigenvalue weighted by atomic mass is 16.5. The van der Waals surface area contributed by atoms with Crippen molar-refractivity contribution in [2.75, 3.05) is 0 Å². The molecule has 1 heterocycles. The van der Waals surface area contributed by atoms with Gasteiger partial charge in [-0.25, -0.2) is 4.98 Å². The lowest BCUT2D eigenvalue weighted by molar-refractivity contribution is 0.208. The Morgan fingerprint density at radius 1 is 1.29 bits per heavy atom. The van der Waals surface area contributed by atoms with Gasteiger partial charge in [0.05, 0.1) is 6.10 Å². The first-order valence-electron chi connectivity index (χ1n) is 5.26. The lowest BCUT2D eigenvalue weighted by atomic mass is 10.1. The molecule has 2 nitrogen and oxygen atoms in total. The molecule has 0 radical (unpaired) electrons. The van der Waals surface area contributed by atoms with Gasteiger partial charge in [-0.05, 0) is 24.8 Å². The van der Waals surface area contributed by atoms with E-state index in [0.717, 1.165) is 12.3 Å². The molecule has 0 saturated carbocycles. The standard InChI is InChI=1S/C12H19NO/c1-5-10(4)14-12-7-6-11(8-13-12)9(2)3/h6-10H,5H2,1-4H3. The SMILES string of the molecule is CCC(C)Oc1ccc(C(C)C)cn1. The van der Waals surface area contributed by atoms with E-state index in [1.165, 1.54) is 5.56 Å². The Bertz CT molecular complexity index is 266. The predicted molar refractivity (Wildman–Crippen MR) is 58.7 cm³/mol. The van der Waals surface area contributed by atoms with Crippen LogP contribution >= 0.6 is 0 Å². The van der Waals surface area contributed by atoms with Crippen molar-refractivity contribution in [2.24, 2.45) is 0 Å². The molecular formula is C12H19NO. The largest absolute Gasteiger partial charge is 0.475 e. The van der Waals surface area contributed by atoms with Gasteiger partial charge in [0.1, 0.15) is 0 Å². The Balaban J connectivity index is 2.64. The van der Waals surface area contributed by atoms with Crippen molar-refractivity contribution >= 4 is 0 Å². The third kappa shape index (κ3) is 3.02. The monoisotopic (exact) mass is 193 g/mol. The van der Waals surface area contributed by atoms with E-state index in [-0.39, 0.29) is 6.10 Å². The summed E-state index contributed by atoms with van der Waals surface area (Å²) in [6.07, 6.45) is 3.14. The average Bonchev–Trinajstić information content (AvgIpc) is 2.18. The first kappa shape index (κ1) is 11.0. The fraction of sp³-hybridized carbons (Fsp3) is 0.583. The lowest BCUT2D eigenvalue weighted by Crippen LogP contribution is -2.10. The van der Waals surface area contributed by atoms with Crippen LogP contribution < -0.4 is 4.74 Å². The average molecular weight is 193 g/mol. The number of rotatable bonds is 4. The van der Waals surface area contributed by atoms with Crippen LogP contribution in [0.5, 0.6) is 5.88 Å². The number of pyridine rings is 1. The molecule has 0 fully saturated rings. The molecule has 0 bridgehead atoms. The van der Waals surface area contributed by atoms with Gasteiger partial charge in [0.2, 0.25) is 5.88 Å². The van der Waals surface area contributed by atoms with Crippen molar-refractivity contribution in [2.45, 2.75) is 46.1 Å². The van der Waals surface area contributed by atoms with Crippen LogP contribution in [-0.4, -0.2) is 11.1 Å². The van der Waals surface area contributed by atoms with E-state index in [1.807, 2.05) is 12.3 Å². The molecule has 0 saturated heterocycles. The first-order valence-corrected chi connectivity index (χ1v) is 5.26. The van der Waals surface area contributed by atoms with Crippen molar-refractivity contribution < 1.29 is 4.74 Å². The van der Waals surface area contributed by atoms with Crippen LogP contribution in [0.1, 0.15) is 45.6 Å². The van der Waals surface area contributed by atoms with Crippen molar-refractivity contribution in [3.63, 3.8) is 0 Å². The molecule has 0 aliphatic heterocycles. The molecule has 0 spiro atoms. The minimum absolute atomic E-state index is 0.243. The molecule has 1 aromatic heterocycles. The van der Waals surface area contributed by atoms with E-state index in [4.69, 9.17) is 4.74 Å². The van der Waals surface area contributed by atoms with E-state index < -0.39 is 0 Å². The number of ether oxygens (including phenoxy) is 1. The number of hydrogen-bond acceptors (Lipinski definition) is 2. The number of hydrogen-bond donors (Lipinski definition) is 0. The summed E-state index contributed by atoms with van der Waals surface area (Å²) in [6.45, 7) is 8.48. The van der Waals surface area contributed by atoms with Gasteiger partial charge < -0.3 is 4.74 Å². The summed E-state index contributed by atoms with van der Waals surface area (Å²) >= 11 is 0. The number of nitrogens with zero attached hydrogens (tertiary/aromatic N) is 1. The maximum atomic E-state index is 5.59. The van der Waals surface area contributed by atoms with Crippen molar-refractivity contribution in [3.05, 3.63) is 23.9 Å². The lowest BCUT2D eigenvalue weighted by Gasteiger charge is -2.12. The smallest absolute Gasteiger partial charge is 0.213 e. The maximum absolute atomic E-state index is 5.59. The molecule has 1 rings (SSSR count). The van der Waals surface area contributed by atoms with Gasteiger partial charge in [0.15, 0.2) is 0 Å². The first-order chi connectivity index (χ1) is 6.63. The fourth-order valence-electron chi connectivity index (χ4n) is 1.09. The van der Waals surface area contributed by atoms with Crippen molar-refractivity contribution in [1.82, 2.24) is 4.98 Å². The zero-order valence-corrected chi connectivity index (χ0v) is 9.45. The Labute approximate surface area is 86.3 Å². The van der Waals surface area contributed by atoms with Crippen LogP contribution in [-0.2, 0) is 0 Å². The number of aromatic nitrogens is 1.